The lowest BCUT2D eigenvalue weighted by atomic mass is 10.2. The molecule has 1 aliphatic heterocycles. The Kier molecular flexibility index (Phi) is 6.08. The van der Waals surface area contributed by atoms with Crippen molar-refractivity contribution >= 4 is 15.7 Å². The van der Waals surface area contributed by atoms with Crippen molar-refractivity contribution in [3.8, 4) is 0 Å². The van der Waals surface area contributed by atoms with Gasteiger partial charge in [0.15, 0.2) is 9.84 Å². The van der Waals surface area contributed by atoms with Crippen LogP contribution >= 0.6 is 0 Å². The summed E-state index contributed by atoms with van der Waals surface area (Å²) >= 11 is 0. The van der Waals surface area contributed by atoms with Crippen LogP contribution in [0.4, 0.5) is 0 Å². The van der Waals surface area contributed by atoms with Crippen molar-refractivity contribution in [3.05, 3.63) is 0 Å². The summed E-state index contributed by atoms with van der Waals surface area (Å²) in [7, 11) is -1.06. The highest BCUT2D eigenvalue weighted by Gasteiger charge is 2.31. The van der Waals surface area contributed by atoms with Crippen LogP contribution < -0.4 is 5.32 Å². The van der Waals surface area contributed by atoms with Gasteiger partial charge in [-0.15, -0.1) is 0 Å². The maximum absolute atomic E-state index is 11.6. The molecule has 106 valence electrons. The number of carbonyl (C=O) groups excluding carboxylic acids is 1. The summed E-state index contributed by atoms with van der Waals surface area (Å²) in [5.41, 5.74) is 0. The maximum atomic E-state index is 11.6. The van der Waals surface area contributed by atoms with Crippen LogP contribution in [0.3, 0.4) is 0 Å². The monoisotopic (exact) mass is 276 g/mol. The first-order chi connectivity index (χ1) is 8.44. The summed E-state index contributed by atoms with van der Waals surface area (Å²) in [6.07, 6.45) is 3.90. The molecule has 0 radical (unpaired) electrons. The predicted molar refractivity (Wildman–Crippen MR) is 72.2 cm³/mol. The number of hydrogen-bond donors (Lipinski definition) is 1. The van der Waals surface area contributed by atoms with Gasteiger partial charge in [-0.25, -0.2) is 8.42 Å². The van der Waals surface area contributed by atoms with Gasteiger partial charge in [-0.3, -0.25) is 9.69 Å². The van der Waals surface area contributed by atoms with E-state index in [1.54, 1.807) is 0 Å². The zero-order chi connectivity index (χ0) is 13.6. The van der Waals surface area contributed by atoms with Gasteiger partial charge in [0, 0.05) is 12.6 Å². The van der Waals surface area contributed by atoms with Gasteiger partial charge in [-0.05, 0) is 19.9 Å². The Bertz CT molecular complexity index is 368. The lowest BCUT2D eigenvalue weighted by molar-refractivity contribution is -0.122. The van der Waals surface area contributed by atoms with Crippen molar-refractivity contribution in [1.29, 1.82) is 0 Å². The molecule has 1 unspecified atom stereocenters. The van der Waals surface area contributed by atoms with Crippen molar-refractivity contribution in [2.24, 2.45) is 0 Å². The lowest BCUT2D eigenvalue weighted by Crippen LogP contribution is -2.41. The second-order valence-corrected chi connectivity index (χ2v) is 7.26. The third-order valence-corrected chi connectivity index (χ3v) is 5.08. The number of amides is 1. The van der Waals surface area contributed by atoms with Gasteiger partial charge in [0.2, 0.25) is 5.91 Å². The van der Waals surface area contributed by atoms with E-state index in [4.69, 9.17) is 0 Å². The van der Waals surface area contributed by atoms with Gasteiger partial charge in [0.05, 0.1) is 18.1 Å². The quantitative estimate of drug-likeness (QED) is 0.684. The predicted octanol–water partition coefficient (Wildman–Crippen LogP) is 0.412. The van der Waals surface area contributed by atoms with Crippen LogP contribution in [0.5, 0.6) is 0 Å². The minimum absolute atomic E-state index is 0.00334. The Morgan fingerprint density at radius 3 is 2.67 bits per heavy atom. The molecule has 0 aromatic carbocycles. The molecule has 0 saturated carbocycles. The molecule has 0 spiro atoms. The molecule has 0 aromatic rings. The highest BCUT2D eigenvalue weighted by Crippen LogP contribution is 2.15. The molecule has 0 aromatic heterocycles. The first-order valence-electron chi connectivity index (χ1n) is 6.62. The molecule has 5 nitrogen and oxygen atoms in total. The summed E-state index contributed by atoms with van der Waals surface area (Å²) in [4.78, 5) is 13.5. The first kappa shape index (κ1) is 15.4. The molecule has 18 heavy (non-hydrogen) atoms. The molecular formula is C12H24N2O3S. The molecule has 1 aliphatic rings. The van der Waals surface area contributed by atoms with Crippen molar-refractivity contribution in [1.82, 2.24) is 10.2 Å². The van der Waals surface area contributed by atoms with E-state index >= 15 is 0 Å². The Morgan fingerprint density at radius 1 is 1.39 bits per heavy atom. The highest BCUT2D eigenvalue weighted by molar-refractivity contribution is 7.91. The number of likely N-dealkylation sites (N-methyl/N-ethyl adjacent to an activating group) is 1. The van der Waals surface area contributed by atoms with Gasteiger partial charge in [-0.2, -0.15) is 0 Å². The molecule has 1 atom stereocenters. The van der Waals surface area contributed by atoms with Gasteiger partial charge in [-0.1, -0.05) is 19.8 Å². The number of sulfone groups is 1. The second kappa shape index (κ2) is 7.09. The van der Waals surface area contributed by atoms with Gasteiger partial charge >= 0.3 is 0 Å². The topological polar surface area (TPSA) is 66.5 Å². The number of unbranched alkanes of at least 4 members (excludes halogenated alkanes) is 2. The minimum Gasteiger partial charge on any atom is -0.355 e. The zero-order valence-electron chi connectivity index (χ0n) is 11.3. The Balaban J connectivity index is 2.23. The average Bonchev–Trinajstić information content (AvgIpc) is 2.65. The Morgan fingerprint density at radius 2 is 2.11 bits per heavy atom. The molecule has 1 saturated heterocycles. The van der Waals surface area contributed by atoms with E-state index in [1.807, 2.05) is 11.9 Å². The van der Waals surface area contributed by atoms with Gasteiger partial charge in [0.25, 0.3) is 0 Å². The fraction of sp³-hybridized carbons (Fsp3) is 0.917. The molecule has 0 aliphatic carbocycles. The van der Waals surface area contributed by atoms with E-state index in [9.17, 15) is 13.2 Å². The number of rotatable bonds is 7. The fourth-order valence-corrected chi connectivity index (χ4v) is 3.94. The molecule has 1 N–H and O–H groups in total. The van der Waals surface area contributed by atoms with Crippen LogP contribution in [0.25, 0.3) is 0 Å². The van der Waals surface area contributed by atoms with E-state index < -0.39 is 9.84 Å². The molecule has 1 fully saturated rings. The van der Waals surface area contributed by atoms with Crippen molar-refractivity contribution in [3.63, 3.8) is 0 Å². The molecule has 1 heterocycles. The smallest absolute Gasteiger partial charge is 0.234 e. The number of nitrogens with zero attached hydrogens (tertiary/aromatic N) is 1. The van der Waals surface area contributed by atoms with Crippen molar-refractivity contribution in [2.45, 2.75) is 38.6 Å². The summed E-state index contributed by atoms with van der Waals surface area (Å²) in [5.74, 6) is 0.421. The molecule has 1 amide bonds. The standard InChI is InChI=1S/C12H24N2O3S/c1-3-4-5-7-13-12(15)9-14(2)11-6-8-18(16,17)10-11/h11H,3-10H2,1-2H3,(H,13,15). The summed E-state index contributed by atoms with van der Waals surface area (Å²) < 4.78 is 22.7. The van der Waals surface area contributed by atoms with Crippen molar-refractivity contribution in [2.75, 3.05) is 31.6 Å². The number of carbonyl (C=O) groups is 1. The summed E-state index contributed by atoms with van der Waals surface area (Å²) in [5, 5.41) is 2.86. The normalized spacial score (nSPS) is 22.3. The lowest BCUT2D eigenvalue weighted by Gasteiger charge is -2.22. The number of hydrogen-bond acceptors (Lipinski definition) is 4. The van der Waals surface area contributed by atoms with Crippen LogP contribution in [0.15, 0.2) is 0 Å². The van der Waals surface area contributed by atoms with Crippen LogP contribution in [0, 0.1) is 0 Å². The first-order valence-corrected chi connectivity index (χ1v) is 8.44. The molecular weight excluding hydrogens is 252 g/mol. The van der Waals surface area contributed by atoms with E-state index in [-0.39, 0.29) is 30.0 Å². The largest absolute Gasteiger partial charge is 0.355 e. The molecule has 6 heteroatoms. The second-order valence-electron chi connectivity index (χ2n) is 5.03. The molecule has 0 bridgehead atoms. The van der Waals surface area contributed by atoms with E-state index in [2.05, 4.69) is 12.2 Å². The van der Waals surface area contributed by atoms with E-state index in [0.29, 0.717) is 13.0 Å². The Hall–Kier alpha value is -0.620. The van der Waals surface area contributed by atoms with Gasteiger partial charge < -0.3 is 5.32 Å². The maximum Gasteiger partial charge on any atom is 0.234 e. The van der Waals surface area contributed by atoms with Crippen LogP contribution in [-0.2, 0) is 14.6 Å². The van der Waals surface area contributed by atoms with Crippen LogP contribution in [-0.4, -0.2) is 56.9 Å². The average molecular weight is 276 g/mol. The van der Waals surface area contributed by atoms with Crippen LogP contribution in [0.1, 0.15) is 32.6 Å². The third-order valence-electron chi connectivity index (χ3n) is 3.33. The van der Waals surface area contributed by atoms with Crippen molar-refractivity contribution < 1.29 is 13.2 Å². The highest BCUT2D eigenvalue weighted by atomic mass is 32.2. The zero-order valence-corrected chi connectivity index (χ0v) is 12.1. The summed E-state index contributed by atoms with van der Waals surface area (Å²) in [6, 6.07) is -0.00334. The van der Waals surface area contributed by atoms with E-state index in [0.717, 1.165) is 19.3 Å². The van der Waals surface area contributed by atoms with Crippen LogP contribution in [0.2, 0.25) is 0 Å². The molecule has 1 rings (SSSR count). The fourth-order valence-electron chi connectivity index (χ4n) is 2.14. The summed E-state index contributed by atoms with van der Waals surface area (Å²) in [6.45, 7) is 3.12. The Labute approximate surface area is 110 Å². The number of nitrogens with one attached hydrogen (secondary N) is 1. The van der Waals surface area contributed by atoms with E-state index in [1.165, 1.54) is 0 Å². The third kappa shape index (κ3) is 5.35. The minimum atomic E-state index is -2.87. The SMILES string of the molecule is CCCCCNC(=O)CN(C)C1CCS(=O)(=O)C1. The van der Waals surface area contributed by atoms with Gasteiger partial charge in [0.1, 0.15) is 0 Å².